The highest BCUT2D eigenvalue weighted by atomic mass is 16.5. The maximum atomic E-state index is 12.6. The number of carbonyl (C=O) groups excluding carboxylic acids is 1. The van der Waals surface area contributed by atoms with Crippen LogP contribution in [0.15, 0.2) is 60.7 Å². The zero-order valence-electron chi connectivity index (χ0n) is 14.6. The molecule has 4 nitrogen and oxygen atoms in total. The standard InChI is InChI=1S/C21H21NO3/c1-14(21(23)22-18-5-4-6-19(13-18)24-2)15-7-8-17-12-20(25-3)10-9-16(17)11-15/h4-14H,1-3H3,(H,22,23)/t14-/m0/s1. The van der Waals surface area contributed by atoms with E-state index in [1.807, 2.05) is 61.5 Å². The summed E-state index contributed by atoms with van der Waals surface area (Å²) in [6, 6.07) is 19.3. The van der Waals surface area contributed by atoms with E-state index in [2.05, 4.69) is 5.32 Å². The second-order valence-electron chi connectivity index (χ2n) is 5.92. The Morgan fingerprint density at radius 2 is 1.56 bits per heavy atom. The normalized spacial score (nSPS) is 11.8. The number of ether oxygens (including phenoxy) is 2. The molecule has 0 heterocycles. The lowest BCUT2D eigenvalue weighted by Crippen LogP contribution is -2.18. The van der Waals surface area contributed by atoms with Crippen molar-refractivity contribution in [1.29, 1.82) is 0 Å². The fourth-order valence-electron chi connectivity index (χ4n) is 2.74. The molecule has 3 aromatic carbocycles. The molecule has 0 aromatic heterocycles. The van der Waals surface area contributed by atoms with Gasteiger partial charge in [0.15, 0.2) is 0 Å². The van der Waals surface area contributed by atoms with Crippen molar-refractivity contribution >= 4 is 22.4 Å². The summed E-state index contributed by atoms with van der Waals surface area (Å²) in [5.74, 6) is 1.22. The first kappa shape index (κ1) is 16.8. The van der Waals surface area contributed by atoms with Gasteiger partial charge in [-0.05, 0) is 47.5 Å². The topological polar surface area (TPSA) is 47.6 Å². The summed E-state index contributed by atoms with van der Waals surface area (Å²) in [5.41, 5.74) is 1.69. The molecule has 0 radical (unpaired) electrons. The minimum Gasteiger partial charge on any atom is -0.497 e. The van der Waals surface area contributed by atoms with E-state index in [-0.39, 0.29) is 11.8 Å². The second kappa shape index (κ2) is 7.26. The Labute approximate surface area is 147 Å². The van der Waals surface area contributed by atoms with Crippen molar-refractivity contribution in [3.8, 4) is 11.5 Å². The van der Waals surface area contributed by atoms with Crippen LogP contribution in [0.4, 0.5) is 5.69 Å². The van der Waals surface area contributed by atoms with Crippen LogP contribution in [0.25, 0.3) is 10.8 Å². The third kappa shape index (κ3) is 3.74. The molecule has 0 unspecified atom stereocenters. The number of carbonyl (C=O) groups is 1. The third-order valence-electron chi connectivity index (χ3n) is 4.30. The molecule has 0 aliphatic heterocycles. The number of anilines is 1. The van der Waals surface area contributed by atoms with Gasteiger partial charge in [-0.3, -0.25) is 4.79 Å². The maximum Gasteiger partial charge on any atom is 0.231 e. The van der Waals surface area contributed by atoms with Crippen LogP contribution in [0.1, 0.15) is 18.4 Å². The third-order valence-corrected chi connectivity index (χ3v) is 4.30. The molecule has 0 spiro atoms. The second-order valence-corrected chi connectivity index (χ2v) is 5.92. The van der Waals surface area contributed by atoms with Crippen LogP contribution < -0.4 is 14.8 Å². The predicted octanol–water partition coefficient (Wildman–Crippen LogP) is 4.60. The molecule has 1 atom stereocenters. The summed E-state index contributed by atoms with van der Waals surface area (Å²) < 4.78 is 10.4. The van der Waals surface area contributed by atoms with Crippen LogP contribution >= 0.6 is 0 Å². The Hall–Kier alpha value is -3.01. The summed E-state index contributed by atoms with van der Waals surface area (Å²) in [6.07, 6.45) is 0. The monoisotopic (exact) mass is 335 g/mol. The van der Waals surface area contributed by atoms with Gasteiger partial charge in [0.05, 0.1) is 20.1 Å². The molecule has 4 heteroatoms. The van der Waals surface area contributed by atoms with Gasteiger partial charge in [-0.2, -0.15) is 0 Å². The number of fused-ring (bicyclic) bond motifs is 1. The van der Waals surface area contributed by atoms with E-state index in [0.29, 0.717) is 5.75 Å². The summed E-state index contributed by atoms with van der Waals surface area (Å²) in [6.45, 7) is 1.90. The Balaban J connectivity index is 1.80. The molecule has 25 heavy (non-hydrogen) atoms. The van der Waals surface area contributed by atoms with Crippen LogP contribution in [0.5, 0.6) is 11.5 Å². The minimum absolute atomic E-state index is 0.0545. The van der Waals surface area contributed by atoms with Gasteiger partial charge in [0.25, 0.3) is 0 Å². The van der Waals surface area contributed by atoms with E-state index < -0.39 is 0 Å². The predicted molar refractivity (Wildman–Crippen MR) is 101 cm³/mol. The number of rotatable bonds is 5. The van der Waals surface area contributed by atoms with Crippen molar-refractivity contribution in [2.75, 3.05) is 19.5 Å². The Kier molecular flexibility index (Phi) is 4.89. The van der Waals surface area contributed by atoms with Crippen LogP contribution in [0, 0.1) is 0 Å². The molecule has 0 saturated carbocycles. The Morgan fingerprint density at radius 3 is 2.32 bits per heavy atom. The van der Waals surface area contributed by atoms with Crippen molar-refractivity contribution in [3.63, 3.8) is 0 Å². The quantitative estimate of drug-likeness (QED) is 0.741. The number of amides is 1. The molecule has 1 N–H and O–H groups in total. The van der Waals surface area contributed by atoms with Gasteiger partial charge in [-0.15, -0.1) is 0 Å². The molecule has 3 aromatic rings. The van der Waals surface area contributed by atoms with E-state index in [1.165, 1.54) is 0 Å². The lowest BCUT2D eigenvalue weighted by Gasteiger charge is -2.14. The first-order valence-electron chi connectivity index (χ1n) is 8.13. The van der Waals surface area contributed by atoms with E-state index in [1.54, 1.807) is 20.3 Å². The number of methoxy groups -OCH3 is 2. The van der Waals surface area contributed by atoms with Gasteiger partial charge in [0, 0.05) is 11.8 Å². The molecule has 128 valence electrons. The lowest BCUT2D eigenvalue weighted by molar-refractivity contribution is -0.117. The van der Waals surface area contributed by atoms with Gasteiger partial charge in [-0.25, -0.2) is 0 Å². The van der Waals surface area contributed by atoms with Gasteiger partial charge >= 0.3 is 0 Å². The molecule has 0 aliphatic carbocycles. The highest BCUT2D eigenvalue weighted by Crippen LogP contribution is 2.26. The SMILES string of the molecule is COc1cccc(NC(=O)[C@@H](C)c2ccc3cc(OC)ccc3c2)c1. The van der Waals surface area contributed by atoms with Crippen molar-refractivity contribution in [3.05, 3.63) is 66.2 Å². The van der Waals surface area contributed by atoms with Crippen LogP contribution in [0.3, 0.4) is 0 Å². The maximum absolute atomic E-state index is 12.6. The van der Waals surface area contributed by atoms with Crippen LogP contribution in [-0.4, -0.2) is 20.1 Å². The molecule has 0 fully saturated rings. The number of benzene rings is 3. The van der Waals surface area contributed by atoms with Gasteiger partial charge in [0.2, 0.25) is 5.91 Å². The molecule has 3 rings (SSSR count). The Morgan fingerprint density at radius 1 is 0.880 bits per heavy atom. The van der Waals surface area contributed by atoms with E-state index in [4.69, 9.17) is 9.47 Å². The average molecular weight is 335 g/mol. The first-order chi connectivity index (χ1) is 12.1. The highest BCUT2D eigenvalue weighted by molar-refractivity contribution is 5.96. The average Bonchev–Trinajstić information content (AvgIpc) is 2.66. The fourth-order valence-corrected chi connectivity index (χ4v) is 2.74. The smallest absolute Gasteiger partial charge is 0.231 e. The number of hydrogen-bond acceptors (Lipinski definition) is 3. The molecular weight excluding hydrogens is 314 g/mol. The molecule has 1 amide bonds. The number of hydrogen-bond donors (Lipinski definition) is 1. The van der Waals surface area contributed by atoms with Crippen molar-refractivity contribution in [2.24, 2.45) is 0 Å². The van der Waals surface area contributed by atoms with Crippen molar-refractivity contribution < 1.29 is 14.3 Å². The van der Waals surface area contributed by atoms with Gasteiger partial charge < -0.3 is 14.8 Å². The largest absolute Gasteiger partial charge is 0.497 e. The summed E-state index contributed by atoms with van der Waals surface area (Å²) >= 11 is 0. The molecule has 0 saturated heterocycles. The van der Waals surface area contributed by atoms with E-state index >= 15 is 0 Å². The summed E-state index contributed by atoms with van der Waals surface area (Å²) in [7, 11) is 3.26. The minimum atomic E-state index is -0.266. The highest BCUT2D eigenvalue weighted by Gasteiger charge is 2.16. The fraction of sp³-hybridized carbons (Fsp3) is 0.190. The zero-order valence-corrected chi connectivity index (χ0v) is 14.6. The molecule has 0 aliphatic rings. The molecular formula is C21H21NO3. The van der Waals surface area contributed by atoms with Crippen molar-refractivity contribution in [1.82, 2.24) is 0 Å². The Bertz CT molecular complexity index is 905. The first-order valence-corrected chi connectivity index (χ1v) is 8.13. The van der Waals surface area contributed by atoms with Gasteiger partial charge in [0.1, 0.15) is 11.5 Å². The number of nitrogens with one attached hydrogen (secondary N) is 1. The van der Waals surface area contributed by atoms with E-state index in [0.717, 1.165) is 27.8 Å². The summed E-state index contributed by atoms with van der Waals surface area (Å²) in [5, 5.41) is 5.11. The van der Waals surface area contributed by atoms with Gasteiger partial charge in [-0.1, -0.05) is 30.3 Å². The van der Waals surface area contributed by atoms with E-state index in [9.17, 15) is 4.79 Å². The zero-order chi connectivity index (χ0) is 17.8. The van der Waals surface area contributed by atoms with Crippen LogP contribution in [-0.2, 0) is 4.79 Å². The molecule has 0 bridgehead atoms. The van der Waals surface area contributed by atoms with Crippen molar-refractivity contribution in [2.45, 2.75) is 12.8 Å². The summed E-state index contributed by atoms with van der Waals surface area (Å²) in [4.78, 5) is 12.6. The lowest BCUT2D eigenvalue weighted by atomic mass is 9.97. The van der Waals surface area contributed by atoms with Crippen LogP contribution in [0.2, 0.25) is 0 Å².